The van der Waals surface area contributed by atoms with Gasteiger partial charge in [-0.3, -0.25) is 9.59 Å². The summed E-state index contributed by atoms with van der Waals surface area (Å²) in [6, 6.07) is 5.81. The van der Waals surface area contributed by atoms with Crippen LogP contribution in [0.3, 0.4) is 0 Å². The SMILES string of the molecule is CCOC(=O)CCN(CCCCN1CCCC1)C(=O)c1ccc(C)c(C)c1. The summed E-state index contributed by atoms with van der Waals surface area (Å²) in [5.74, 6) is -0.240. The van der Waals surface area contributed by atoms with Gasteiger partial charge in [-0.2, -0.15) is 0 Å². The lowest BCUT2D eigenvalue weighted by molar-refractivity contribution is -0.143. The van der Waals surface area contributed by atoms with Crippen molar-refractivity contribution >= 4 is 11.9 Å². The molecule has 0 aliphatic carbocycles. The van der Waals surface area contributed by atoms with Gasteiger partial charge in [-0.1, -0.05) is 6.07 Å². The molecule has 0 spiro atoms. The van der Waals surface area contributed by atoms with Crippen LogP contribution in [0.15, 0.2) is 18.2 Å². The van der Waals surface area contributed by atoms with Crippen molar-refractivity contribution in [1.29, 1.82) is 0 Å². The topological polar surface area (TPSA) is 49.9 Å². The highest BCUT2D eigenvalue weighted by atomic mass is 16.5. The Morgan fingerprint density at radius 3 is 2.48 bits per heavy atom. The van der Waals surface area contributed by atoms with Gasteiger partial charge in [0.15, 0.2) is 0 Å². The predicted octanol–water partition coefficient (Wildman–Crippen LogP) is 3.57. The summed E-state index contributed by atoms with van der Waals surface area (Å²) in [5, 5.41) is 0. The van der Waals surface area contributed by atoms with E-state index in [1.165, 1.54) is 31.5 Å². The first-order valence-electron chi connectivity index (χ1n) is 10.3. The minimum absolute atomic E-state index is 0.00331. The van der Waals surface area contributed by atoms with E-state index in [1.54, 1.807) is 6.92 Å². The van der Waals surface area contributed by atoms with E-state index in [2.05, 4.69) is 4.90 Å². The van der Waals surface area contributed by atoms with Gasteiger partial charge in [0.1, 0.15) is 0 Å². The number of nitrogens with zero attached hydrogens (tertiary/aromatic N) is 2. The molecule has 0 unspecified atom stereocenters. The van der Waals surface area contributed by atoms with Crippen LogP contribution in [-0.4, -0.2) is 61.0 Å². The number of rotatable bonds is 10. The number of hydrogen-bond donors (Lipinski definition) is 0. The molecule has 1 aliphatic rings. The summed E-state index contributed by atoms with van der Waals surface area (Å²) < 4.78 is 5.02. The minimum Gasteiger partial charge on any atom is -0.466 e. The van der Waals surface area contributed by atoms with Crippen molar-refractivity contribution in [2.75, 3.05) is 39.3 Å². The summed E-state index contributed by atoms with van der Waals surface area (Å²) in [6.45, 7) is 10.8. The number of benzene rings is 1. The first-order chi connectivity index (χ1) is 13.0. The maximum absolute atomic E-state index is 13.0. The molecule has 0 radical (unpaired) electrons. The summed E-state index contributed by atoms with van der Waals surface area (Å²) in [5.41, 5.74) is 2.98. The summed E-state index contributed by atoms with van der Waals surface area (Å²) in [6.07, 6.45) is 4.89. The highest BCUT2D eigenvalue weighted by molar-refractivity contribution is 5.94. The van der Waals surface area contributed by atoms with Crippen molar-refractivity contribution in [2.24, 2.45) is 0 Å². The van der Waals surface area contributed by atoms with Crippen LogP contribution in [0, 0.1) is 13.8 Å². The standard InChI is InChI=1S/C22H34N2O3/c1-4-27-21(25)11-16-24(15-8-7-14-23-12-5-6-13-23)22(26)20-10-9-18(2)19(3)17-20/h9-10,17H,4-8,11-16H2,1-3H3. The quantitative estimate of drug-likeness (QED) is 0.464. The molecule has 1 heterocycles. The van der Waals surface area contributed by atoms with E-state index in [4.69, 9.17) is 4.74 Å². The fourth-order valence-corrected chi connectivity index (χ4v) is 3.48. The summed E-state index contributed by atoms with van der Waals surface area (Å²) in [4.78, 5) is 29.0. The van der Waals surface area contributed by atoms with Crippen LogP contribution in [0.5, 0.6) is 0 Å². The Morgan fingerprint density at radius 2 is 1.81 bits per heavy atom. The second-order valence-corrected chi connectivity index (χ2v) is 7.40. The number of ether oxygens (including phenoxy) is 1. The molecule has 0 atom stereocenters. The van der Waals surface area contributed by atoms with E-state index in [0.717, 1.165) is 24.9 Å². The zero-order valence-corrected chi connectivity index (χ0v) is 17.1. The molecular formula is C22H34N2O3. The molecule has 0 N–H and O–H groups in total. The van der Waals surface area contributed by atoms with Crippen LogP contribution in [0.25, 0.3) is 0 Å². The van der Waals surface area contributed by atoms with Crippen LogP contribution >= 0.6 is 0 Å². The van der Waals surface area contributed by atoms with Gasteiger partial charge in [0.05, 0.1) is 13.0 Å². The number of amides is 1. The van der Waals surface area contributed by atoms with Gasteiger partial charge in [-0.05, 0) is 89.3 Å². The van der Waals surface area contributed by atoms with Crippen molar-refractivity contribution < 1.29 is 14.3 Å². The fraction of sp³-hybridized carbons (Fsp3) is 0.636. The van der Waals surface area contributed by atoms with E-state index in [-0.39, 0.29) is 18.3 Å². The van der Waals surface area contributed by atoms with Gasteiger partial charge < -0.3 is 14.5 Å². The van der Waals surface area contributed by atoms with E-state index < -0.39 is 0 Å². The molecule has 5 heteroatoms. The molecule has 0 aromatic heterocycles. The Labute approximate surface area is 163 Å². The Bertz CT molecular complexity index is 624. The lowest BCUT2D eigenvalue weighted by Crippen LogP contribution is -2.34. The highest BCUT2D eigenvalue weighted by Crippen LogP contribution is 2.14. The van der Waals surface area contributed by atoms with Gasteiger partial charge in [0.2, 0.25) is 0 Å². The van der Waals surface area contributed by atoms with Gasteiger partial charge in [0, 0.05) is 18.7 Å². The summed E-state index contributed by atoms with van der Waals surface area (Å²) >= 11 is 0. The van der Waals surface area contributed by atoms with Crippen molar-refractivity contribution in [2.45, 2.75) is 52.9 Å². The highest BCUT2D eigenvalue weighted by Gasteiger charge is 2.18. The molecular weight excluding hydrogens is 340 g/mol. The van der Waals surface area contributed by atoms with Gasteiger partial charge in [-0.15, -0.1) is 0 Å². The minimum atomic E-state index is -0.243. The first kappa shape index (κ1) is 21.4. The third-order valence-electron chi connectivity index (χ3n) is 5.28. The second kappa shape index (κ2) is 11.1. The largest absolute Gasteiger partial charge is 0.466 e. The maximum atomic E-state index is 13.0. The molecule has 1 aromatic rings. The van der Waals surface area contributed by atoms with Gasteiger partial charge in [0.25, 0.3) is 5.91 Å². The van der Waals surface area contributed by atoms with Crippen LogP contribution in [0.1, 0.15) is 60.5 Å². The van der Waals surface area contributed by atoms with Crippen molar-refractivity contribution in [3.8, 4) is 0 Å². The van der Waals surface area contributed by atoms with E-state index in [9.17, 15) is 9.59 Å². The zero-order chi connectivity index (χ0) is 19.6. The maximum Gasteiger partial charge on any atom is 0.307 e. The number of hydrogen-bond acceptors (Lipinski definition) is 4. The smallest absolute Gasteiger partial charge is 0.307 e. The average molecular weight is 375 g/mol. The lowest BCUT2D eigenvalue weighted by Gasteiger charge is -2.23. The van der Waals surface area contributed by atoms with Crippen LogP contribution in [-0.2, 0) is 9.53 Å². The van der Waals surface area contributed by atoms with Gasteiger partial charge in [-0.25, -0.2) is 0 Å². The Balaban J connectivity index is 1.93. The summed E-state index contributed by atoms with van der Waals surface area (Å²) in [7, 11) is 0. The van der Waals surface area contributed by atoms with Gasteiger partial charge >= 0.3 is 5.97 Å². The molecule has 1 amide bonds. The van der Waals surface area contributed by atoms with Crippen LogP contribution in [0.2, 0.25) is 0 Å². The number of likely N-dealkylation sites (tertiary alicyclic amines) is 1. The van der Waals surface area contributed by atoms with E-state index >= 15 is 0 Å². The number of esters is 1. The van der Waals surface area contributed by atoms with Crippen molar-refractivity contribution in [3.63, 3.8) is 0 Å². The molecule has 150 valence electrons. The molecule has 5 nitrogen and oxygen atoms in total. The molecule has 1 saturated heterocycles. The molecule has 0 saturated carbocycles. The normalized spacial score (nSPS) is 14.3. The average Bonchev–Trinajstić information content (AvgIpc) is 3.16. The predicted molar refractivity (Wildman–Crippen MR) is 108 cm³/mol. The third-order valence-corrected chi connectivity index (χ3v) is 5.28. The number of carbonyl (C=O) groups excluding carboxylic acids is 2. The lowest BCUT2D eigenvalue weighted by atomic mass is 10.1. The number of carbonyl (C=O) groups is 2. The number of aryl methyl sites for hydroxylation is 2. The fourth-order valence-electron chi connectivity index (χ4n) is 3.48. The zero-order valence-electron chi connectivity index (χ0n) is 17.1. The Hall–Kier alpha value is -1.88. The Morgan fingerprint density at radius 1 is 1.07 bits per heavy atom. The molecule has 2 rings (SSSR count). The van der Waals surface area contributed by atoms with E-state index in [0.29, 0.717) is 25.3 Å². The Kier molecular flexibility index (Phi) is 8.79. The molecule has 1 aromatic carbocycles. The van der Waals surface area contributed by atoms with Crippen LogP contribution in [0.4, 0.5) is 0 Å². The van der Waals surface area contributed by atoms with Crippen LogP contribution < -0.4 is 0 Å². The molecule has 0 bridgehead atoms. The first-order valence-corrected chi connectivity index (χ1v) is 10.3. The molecule has 1 fully saturated rings. The number of unbranched alkanes of at least 4 members (excludes halogenated alkanes) is 1. The van der Waals surface area contributed by atoms with Crippen molar-refractivity contribution in [3.05, 3.63) is 34.9 Å². The monoisotopic (exact) mass is 374 g/mol. The van der Waals surface area contributed by atoms with Crippen molar-refractivity contribution in [1.82, 2.24) is 9.80 Å². The third kappa shape index (κ3) is 6.98. The molecule has 27 heavy (non-hydrogen) atoms. The second-order valence-electron chi connectivity index (χ2n) is 7.40. The van der Waals surface area contributed by atoms with E-state index in [1.807, 2.05) is 36.9 Å². The molecule has 1 aliphatic heterocycles.